The topological polar surface area (TPSA) is 38.3 Å². The minimum absolute atomic E-state index is 0.176. The third kappa shape index (κ3) is 3.67. The highest BCUT2D eigenvalue weighted by Gasteiger charge is 2.22. The summed E-state index contributed by atoms with van der Waals surface area (Å²) in [4.78, 5) is 11.8. The zero-order valence-electron chi connectivity index (χ0n) is 7.88. The SMILES string of the molecule is COC(=O)C(NC(C)=S)C(C)C. The lowest BCUT2D eigenvalue weighted by Gasteiger charge is -2.19. The van der Waals surface area contributed by atoms with Crippen LogP contribution in [0, 0.1) is 5.92 Å². The van der Waals surface area contributed by atoms with E-state index in [0.717, 1.165) is 0 Å². The lowest BCUT2D eigenvalue weighted by Crippen LogP contribution is -2.43. The van der Waals surface area contributed by atoms with Crippen molar-refractivity contribution in [2.24, 2.45) is 5.92 Å². The van der Waals surface area contributed by atoms with E-state index in [-0.39, 0.29) is 17.9 Å². The van der Waals surface area contributed by atoms with Gasteiger partial charge in [-0.1, -0.05) is 26.1 Å². The first kappa shape index (κ1) is 11.4. The first-order chi connectivity index (χ1) is 5.49. The number of thiocarbonyl (C=S) groups is 1. The van der Waals surface area contributed by atoms with Gasteiger partial charge in [0.05, 0.1) is 12.1 Å². The van der Waals surface area contributed by atoms with Gasteiger partial charge in [-0.25, -0.2) is 4.79 Å². The van der Waals surface area contributed by atoms with E-state index in [2.05, 4.69) is 10.1 Å². The summed E-state index contributed by atoms with van der Waals surface area (Å²) < 4.78 is 4.61. The summed E-state index contributed by atoms with van der Waals surface area (Å²) in [6, 6.07) is -0.326. The van der Waals surface area contributed by atoms with E-state index in [1.54, 1.807) is 6.92 Å². The first-order valence-electron chi connectivity index (χ1n) is 3.84. The van der Waals surface area contributed by atoms with E-state index in [4.69, 9.17) is 12.2 Å². The van der Waals surface area contributed by atoms with E-state index >= 15 is 0 Å². The maximum Gasteiger partial charge on any atom is 0.328 e. The zero-order chi connectivity index (χ0) is 9.72. The molecule has 0 bridgehead atoms. The Kier molecular flexibility index (Phi) is 4.81. The molecular weight excluding hydrogens is 174 g/mol. The predicted molar refractivity (Wildman–Crippen MR) is 52.0 cm³/mol. The van der Waals surface area contributed by atoms with Crippen molar-refractivity contribution in [3.63, 3.8) is 0 Å². The maximum atomic E-state index is 11.1. The smallest absolute Gasteiger partial charge is 0.328 e. The van der Waals surface area contributed by atoms with Crippen molar-refractivity contribution in [2.75, 3.05) is 7.11 Å². The van der Waals surface area contributed by atoms with Gasteiger partial charge in [0, 0.05) is 0 Å². The van der Waals surface area contributed by atoms with Crippen molar-refractivity contribution in [2.45, 2.75) is 26.8 Å². The Morgan fingerprint density at radius 1 is 1.50 bits per heavy atom. The molecule has 4 heteroatoms. The average Bonchev–Trinajstić information content (AvgIpc) is 1.98. The van der Waals surface area contributed by atoms with Gasteiger partial charge >= 0.3 is 5.97 Å². The van der Waals surface area contributed by atoms with E-state index < -0.39 is 0 Å². The summed E-state index contributed by atoms with van der Waals surface area (Å²) in [6.07, 6.45) is 0. The van der Waals surface area contributed by atoms with Crippen molar-refractivity contribution in [3.05, 3.63) is 0 Å². The lowest BCUT2D eigenvalue weighted by atomic mass is 10.1. The molecule has 1 unspecified atom stereocenters. The highest BCUT2D eigenvalue weighted by atomic mass is 32.1. The number of hydrogen-bond donors (Lipinski definition) is 1. The number of carbonyl (C=O) groups excluding carboxylic acids is 1. The predicted octanol–water partition coefficient (Wildman–Crippen LogP) is 1.12. The number of nitrogens with one attached hydrogen (secondary N) is 1. The molecule has 0 fully saturated rings. The van der Waals surface area contributed by atoms with Crippen LogP contribution >= 0.6 is 12.2 Å². The summed E-state index contributed by atoms with van der Waals surface area (Å²) in [6.45, 7) is 5.62. The minimum Gasteiger partial charge on any atom is -0.467 e. The van der Waals surface area contributed by atoms with E-state index in [1.807, 2.05) is 13.8 Å². The molecule has 0 aliphatic carbocycles. The van der Waals surface area contributed by atoms with Crippen molar-refractivity contribution in [3.8, 4) is 0 Å². The molecule has 0 aromatic heterocycles. The lowest BCUT2D eigenvalue weighted by molar-refractivity contribution is -0.143. The fourth-order valence-electron chi connectivity index (χ4n) is 0.844. The molecule has 0 rings (SSSR count). The number of ether oxygens (including phenoxy) is 1. The van der Waals surface area contributed by atoms with Crippen LogP contribution in [-0.2, 0) is 9.53 Å². The van der Waals surface area contributed by atoms with Gasteiger partial charge in [0.1, 0.15) is 6.04 Å². The molecule has 0 amide bonds. The fraction of sp³-hybridized carbons (Fsp3) is 0.750. The second-order valence-electron chi connectivity index (χ2n) is 2.95. The van der Waals surface area contributed by atoms with Gasteiger partial charge in [-0.3, -0.25) is 0 Å². The van der Waals surface area contributed by atoms with Crippen LogP contribution in [0.5, 0.6) is 0 Å². The van der Waals surface area contributed by atoms with Crippen LogP contribution in [0.1, 0.15) is 20.8 Å². The molecule has 1 atom stereocenters. The molecule has 1 N–H and O–H groups in total. The van der Waals surface area contributed by atoms with Crippen LogP contribution in [0.4, 0.5) is 0 Å². The molecular formula is C8H15NO2S. The minimum atomic E-state index is -0.326. The van der Waals surface area contributed by atoms with Crippen LogP contribution in [0.2, 0.25) is 0 Å². The maximum absolute atomic E-state index is 11.1. The van der Waals surface area contributed by atoms with Gasteiger partial charge in [0.25, 0.3) is 0 Å². The van der Waals surface area contributed by atoms with Crippen LogP contribution in [0.15, 0.2) is 0 Å². The van der Waals surface area contributed by atoms with Crippen LogP contribution < -0.4 is 5.32 Å². The molecule has 0 saturated carbocycles. The molecule has 0 radical (unpaired) electrons. The second kappa shape index (κ2) is 5.09. The Morgan fingerprint density at radius 3 is 2.25 bits per heavy atom. The summed E-state index contributed by atoms with van der Waals surface area (Å²) in [5.41, 5.74) is 0. The number of carbonyl (C=O) groups is 1. The van der Waals surface area contributed by atoms with Crippen molar-refractivity contribution < 1.29 is 9.53 Å². The van der Waals surface area contributed by atoms with Crippen LogP contribution in [0.25, 0.3) is 0 Å². The largest absolute Gasteiger partial charge is 0.467 e. The molecule has 0 spiro atoms. The normalized spacial score (nSPS) is 12.4. The molecule has 0 aliphatic rings. The summed E-state index contributed by atoms with van der Waals surface area (Å²) in [5.74, 6) is -0.0930. The van der Waals surface area contributed by atoms with Crippen LogP contribution in [0.3, 0.4) is 0 Å². The summed E-state index contributed by atoms with van der Waals surface area (Å²) in [7, 11) is 1.37. The number of esters is 1. The van der Waals surface area contributed by atoms with Gasteiger partial charge in [-0.05, 0) is 12.8 Å². The average molecular weight is 189 g/mol. The van der Waals surface area contributed by atoms with Crippen LogP contribution in [-0.4, -0.2) is 24.1 Å². The van der Waals surface area contributed by atoms with E-state index in [9.17, 15) is 4.79 Å². The molecule has 0 heterocycles. The quantitative estimate of drug-likeness (QED) is 0.533. The molecule has 0 aromatic carbocycles. The van der Waals surface area contributed by atoms with Crippen molar-refractivity contribution in [1.82, 2.24) is 5.32 Å². The number of rotatable bonds is 3. The molecule has 0 saturated heterocycles. The highest BCUT2D eigenvalue weighted by molar-refractivity contribution is 7.80. The Hall–Kier alpha value is -0.640. The van der Waals surface area contributed by atoms with Crippen molar-refractivity contribution >= 4 is 23.2 Å². The van der Waals surface area contributed by atoms with Gasteiger partial charge in [-0.15, -0.1) is 0 Å². The second-order valence-corrected chi connectivity index (χ2v) is 3.56. The van der Waals surface area contributed by atoms with E-state index in [0.29, 0.717) is 4.99 Å². The first-order valence-corrected chi connectivity index (χ1v) is 4.24. The van der Waals surface area contributed by atoms with E-state index in [1.165, 1.54) is 7.11 Å². The fourth-order valence-corrected chi connectivity index (χ4v) is 0.971. The van der Waals surface area contributed by atoms with Gasteiger partial charge in [-0.2, -0.15) is 0 Å². The third-order valence-electron chi connectivity index (χ3n) is 1.48. The summed E-state index contributed by atoms with van der Waals surface area (Å²) >= 11 is 4.84. The third-order valence-corrected chi connectivity index (χ3v) is 1.60. The Bertz CT molecular complexity index is 180. The molecule has 0 aliphatic heterocycles. The Labute approximate surface area is 78.5 Å². The molecule has 0 aromatic rings. The van der Waals surface area contributed by atoms with Gasteiger partial charge < -0.3 is 10.1 Å². The Balaban J connectivity index is 4.23. The number of hydrogen-bond acceptors (Lipinski definition) is 3. The number of methoxy groups -OCH3 is 1. The molecule has 70 valence electrons. The summed E-state index contributed by atoms with van der Waals surface area (Å²) in [5, 5.41) is 2.89. The highest BCUT2D eigenvalue weighted by Crippen LogP contribution is 2.03. The monoisotopic (exact) mass is 189 g/mol. The standard InChI is InChI=1S/C8H15NO2S/c1-5(2)7(8(10)11-4)9-6(3)12/h5,7H,1-4H3,(H,9,12). The molecule has 3 nitrogen and oxygen atoms in total. The zero-order valence-corrected chi connectivity index (χ0v) is 8.70. The molecule has 12 heavy (non-hydrogen) atoms. The van der Waals surface area contributed by atoms with Crippen molar-refractivity contribution in [1.29, 1.82) is 0 Å². The Morgan fingerprint density at radius 2 is 2.00 bits per heavy atom. The van der Waals surface area contributed by atoms with Gasteiger partial charge in [0.2, 0.25) is 0 Å². The van der Waals surface area contributed by atoms with Gasteiger partial charge in [0.15, 0.2) is 0 Å².